The van der Waals surface area contributed by atoms with Gasteiger partial charge in [0.05, 0.1) is 22.7 Å². The van der Waals surface area contributed by atoms with Crippen LogP contribution in [0.25, 0.3) is 5.69 Å². The molecule has 0 atom stereocenters. The van der Waals surface area contributed by atoms with E-state index >= 15 is 0 Å². The summed E-state index contributed by atoms with van der Waals surface area (Å²) in [5, 5.41) is 11.3. The summed E-state index contributed by atoms with van der Waals surface area (Å²) in [5.41, 5.74) is -0.668. The van der Waals surface area contributed by atoms with Crippen LogP contribution in [-0.2, 0) is 11.0 Å². The predicted molar refractivity (Wildman–Crippen MR) is 107 cm³/mol. The molecule has 2 aromatic carbocycles. The number of carbonyl (C=O) groups excluding carboxylic acids is 1. The van der Waals surface area contributed by atoms with Crippen molar-refractivity contribution < 1.29 is 18.0 Å². The first kappa shape index (κ1) is 21.5. The summed E-state index contributed by atoms with van der Waals surface area (Å²) < 4.78 is 41.1. The molecule has 152 valence electrons. The van der Waals surface area contributed by atoms with E-state index in [1.807, 2.05) is 0 Å². The smallest absolute Gasteiger partial charge is 0.325 e. The van der Waals surface area contributed by atoms with Crippen molar-refractivity contribution in [1.29, 1.82) is 0 Å². The minimum absolute atomic E-state index is 0.0808. The number of carbonyl (C=O) groups is 1. The van der Waals surface area contributed by atoms with Crippen LogP contribution in [0.5, 0.6) is 0 Å². The molecule has 0 aliphatic heterocycles. The van der Waals surface area contributed by atoms with E-state index < -0.39 is 23.3 Å². The minimum atomic E-state index is -4.62. The Morgan fingerprint density at radius 1 is 1.14 bits per heavy atom. The Hall–Kier alpha value is -2.23. The lowest BCUT2D eigenvalue weighted by atomic mass is 10.1. The minimum Gasteiger partial charge on any atom is -0.325 e. The standard InChI is InChI=1S/C18H13Cl2F3N4OS/c1-10-25-26-17(27(10)13-4-2-3-11(19)7-13)29-9-16(28)24-15-8-12(20)5-6-14(15)18(21,22)23/h2-8H,9H2,1H3,(H,24,28). The van der Waals surface area contributed by atoms with Crippen molar-refractivity contribution in [3.05, 3.63) is 63.9 Å². The van der Waals surface area contributed by atoms with Crippen LogP contribution in [0.2, 0.25) is 10.0 Å². The fourth-order valence-corrected chi connectivity index (χ4v) is 3.69. The second kappa shape index (κ2) is 8.64. The van der Waals surface area contributed by atoms with Crippen molar-refractivity contribution >= 4 is 46.6 Å². The van der Waals surface area contributed by atoms with Crippen molar-refractivity contribution in [2.75, 3.05) is 11.1 Å². The maximum Gasteiger partial charge on any atom is 0.418 e. The van der Waals surface area contributed by atoms with Gasteiger partial charge in [-0.25, -0.2) is 0 Å². The van der Waals surface area contributed by atoms with Gasteiger partial charge in [-0.15, -0.1) is 10.2 Å². The molecule has 0 aliphatic rings. The van der Waals surface area contributed by atoms with Gasteiger partial charge in [-0.2, -0.15) is 13.2 Å². The molecule has 1 amide bonds. The maximum absolute atomic E-state index is 13.1. The van der Waals surface area contributed by atoms with Gasteiger partial charge in [-0.1, -0.05) is 41.0 Å². The Labute approximate surface area is 178 Å². The molecule has 0 spiro atoms. The average molecular weight is 461 g/mol. The van der Waals surface area contributed by atoms with E-state index in [1.54, 1.807) is 35.8 Å². The molecule has 0 saturated carbocycles. The molecule has 0 fully saturated rings. The lowest BCUT2D eigenvalue weighted by molar-refractivity contribution is -0.137. The number of nitrogens with zero attached hydrogens (tertiary/aromatic N) is 3. The monoisotopic (exact) mass is 460 g/mol. The van der Waals surface area contributed by atoms with Crippen molar-refractivity contribution in [3.63, 3.8) is 0 Å². The topological polar surface area (TPSA) is 59.8 Å². The number of benzene rings is 2. The summed E-state index contributed by atoms with van der Waals surface area (Å²) >= 11 is 12.8. The van der Waals surface area contributed by atoms with Gasteiger partial charge in [-0.3, -0.25) is 9.36 Å². The largest absolute Gasteiger partial charge is 0.418 e. The third kappa shape index (κ3) is 5.23. The summed E-state index contributed by atoms with van der Waals surface area (Å²) in [4.78, 5) is 12.3. The number of thioether (sulfide) groups is 1. The molecule has 1 heterocycles. The Kier molecular flexibility index (Phi) is 6.40. The maximum atomic E-state index is 13.1. The van der Waals surface area contributed by atoms with Crippen molar-refractivity contribution in [2.24, 2.45) is 0 Å². The Morgan fingerprint density at radius 2 is 1.86 bits per heavy atom. The number of rotatable bonds is 5. The summed E-state index contributed by atoms with van der Waals surface area (Å²) in [6, 6.07) is 9.99. The molecule has 0 aliphatic carbocycles. The van der Waals surface area contributed by atoms with E-state index in [0.717, 1.165) is 30.0 Å². The van der Waals surface area contributed by atoms with Gasteiger partial charge in [-0.05, 0) is 43.3 Å². The first-order valence-electron chi connectivity index (χ1n) is 8.12. The van der Waals surface area contributed by atoms with Gasteiger partial charge in [0.2, 0.25) is 5.91 Å². The van der Waals surface area contributed by atoms with Crippen LogP contribution in [0.3, 0.4) is 0 Å². The summed E-state index contributed by atoms with van der Waals surface area (Å²) in [7, 11) is 0. The number of alkyl halides is 3. The van der Waals surface area contributed by atoms with Crippen molar-refractivity contribution in [1.82, 2.24) is 14.8 Å². The molecule has 29 heavy (non-hydrogen) atoms. The third-order valence-electron chi connectivity index (χ3n) is 3.76. The van der Waals surface area contributed by atoms with Gasteiger partial charge in [0.1, 0.15) is 5.82 Å². The van der Waals surface area contributed by atoms with E-state index in [0.29, 0.717) is 21.7 Å². The van der Waals surface area contributed by atoms with Crippen LogP contribution in [0.4, 0.5) is 18.9 Å². The number of anilines is 1. The predicted octanol–water partition coefficient (Wildman–Crippen LogP) is 5.63. The Bertz CT molecular complexity index is 1060. The highest BCUT2D eigenvalue weighted by Crippen LogP contribution is 2.36. The quantitative estimate of drug-likeness (QED) is 0.501. The highest BCUT2D eigenvalue weighted by atomic mass is 35.5. The number of halogens is 5. The second-order valence-corrected chi connectivity index (χ2v) is 7.68. The van der Waals surface area contributed by atoms with E-state index in [2.05, 4.69) is 15.5 Å². The normalized spacial score (nSPS) is 11.5. The second-order valence-electron chi connectivity index (χ2n) is 5.87. The van der Waals surface area contributed by atoms with Crippen LogP contribution >= 0.6 is 35.0 Å². The van der Waals surface area contributed by atoms with Crippen LogP contribution in [0.1, 0.15) is 11.4 Å². The van der Waals surface area contributed by atoms with E-state index in [9.17, 15) is 18.0 Å². The van der Waals surface area contributed by atoms with Crippen LogP contribution in [0, 0.1) is 6.92 Å². The lowest BCUT2D eigenvalue weighted by Crippen LogP contribution is -2.18. The number of nitrogens with one attached hydrogen (secondary N) is 1. The zero-order valence-electron chi connectivity index (χ0n) is 14.8. The molecule has 1 aromatic heterocycles. The van der Waals surface area contributed by atoms with Gasteiger partial charge >= 0.3 is 6.18 Å². The number of aromatic nitrogens is 3. The third-order valence-corrected chi connectivity index (χ3v) is 5.15. The average Bonchev–Trinajstić information content (AvgIpc) is 2.99. The molecular weight excluding hydrogens is 448 g/mol. The molecular formula is C18H13Cl2F3N4OS. The molecule has 5 nitrogen and oxygen atoms in total. The summed E-state index contributed by atoms with van der Waals surface area (Å²) in [5.74, 6) is -0.242. The fraction of sp³-hybridized carbons (Fsp3) is 0.167. The number of amides is 1. The molecule has 0 saturated heterocycles. The molecule has 11 heteroatoms. The number of hydrogen-bond acceptors (Lipinski definition) is 4. The van der Waals surface area contributed by atoms with Crippen molar-refractivity contribution in [3.8, 4) is 5.69 Å². The first-order chi connectivity index (χ1) is 13.6. The first-order valence-corrected chi connectivity index (χ1v) is 9.86. The Balaban J connectivity index is 1.76. The summed E-state index contributed by atoms with van der Waals surface area (Å²) in [6.45, 7) is 1.74. The van der Waals surface area contributed by atoms with Crippen LogP contribution in [-0.4, -0.2) is 26.4 Å². The molecule has 0 unspecified atom stereocenters. The van der Waals surface area contributed by atoms with Gasteiger partial charge in [0.15, 0.2) is 5.16 Å². The SMILES string of the molecule is Cc1nnc(SCC(=O)Nc2cc(Cl)ccc2C(F)(F)F)n1-c1cccc(Cl)c1. The zero-order chi connectivity index (χ0) is 21.2. The van der Waals surface area contributed by atoms with Crippen molar-refractivity contribution in [2.45, 2.75) is 18.3 Å². The molecule has 3 aromatic rings. The lowest BCUT2D eigenvalue weighted by Gasteiger charge is -2.14. The molecule has 0 bridgehead atoms. The molecule has 0 radical (unpaired) electrons. The van der Waals surface area contributed by atoms with Crippen LogP contribution < -0.4 is 5.32 Å². The van der Waals surface area contributed by atoms with Gasteiger partial charge in [0, 0.05) is 10.0 Å². The number of hydrogen-bond donors (Lipinski definition) is 1. The van der Waals surface area contributed by atoms with Crippen LogP contribution in [0.15, 0.2) is 47.6 Å². The van der Waals surface area contributed by atoms with E-state index in [4.69, 9.17) is 23.2 Å². The Morgan fingerprint density at radius 3 is 2.55 bits per heavy atom. The number of aryl methyl sites for hydroxylation is 1. The molecule has 3 rings (SSSR count). The fourth-order valence-electron chi connectivity index (χ4n) is 2.53. The highest BCUT2D eigenvalue weighted by Gasteiger charge is 2.34. The van der Waals surface area contributed by atoms with Gasteiger partial charge < -0.3 is 5.32 Å². The zero-order valence-corrected chi connectivity index (χ0v) is 17.1. The van der Waals surface area contributed by atoms with Gasteiger partial charge in [0.25, 0.3) is 0 Å². The van der Waals surface area contributed by atoms with E-state index in [1.165, 1.54) is 0 Å². The molecule has 1 N–H and O–H groups in total. The highest BCUT2D eigenvalue weighted by molar-refractivity contribution is 7.99. The summed E-state index contributed by atoms with van der Waals surface area (Å²) in [6.07, 6.45) is -4.62. The van der Waals surface area contributed by atoms with E-state index in [-0.39, 0.29) is 10.8 Å².